The first-order chi connectivity index (χ1) is 15.8. The lowest BCUT2D eigenvalue weighted by molar-refractivity contribution is 0.0532. The van der Waals surface area contributed by atoms with E-state index < -0.39 is 7.60 Å². The summed E-state index contributed by atoms with van der Waals surface area (Å²) in [5, 5.41) is 3.24. The van der Waals surface area contributed by atoms with Gasteiger partial charge in [-0.2, -0.15) is 0 Å². The number of ether oxygens (including phenoxy) is 2. The summed E-state index contributed by atoms with van der Waals surface area (Å²) in [5.41, 5.74) is 6.09. The maximum atomic E-state index is 12.5. The second-order valence-electron chi connectivity index (χ2n) is 7.73. The zero-order valence-electron chi connectivity index (χ0n) is 19.9. The monoisotopic (exact) mass is 611 g/mol. The summed E-state index contributed by atoms with van der Waals surface area (Å²) in [6, 6.07) is 0. The summed E-state index contributed by atoms with van der Waals surface area (Å²) in [4.78, 5) is 22.2. The molecule has 1 aromatic carbocycles. The van der Waals surface area contributed by atoms with Crippen LogP contribution in [0.15, 0.2) is 11.6 Å². The van der Waals surface area contributed by atoms with E-state index >= 15 is 0 Å². The zero-order valence-corrected chi connectivity index (χ0v) is 23.7. The molecule has 0 amide bonds. The SMILES string of the molecule is CCOP(=O)(O)CCNC/C(=C/Cc1c(CC)c(C)c2c(c1OCCSI)C(=O)OC2)CC. The van der Waals surface area contributed by atoms with E-state index in [0.717, 1.165) is 35.3 Å². The molecule has 0 saturated heterocycles. The molecule has 1 aromatic rings. The van der Waals surface area contributed by atoms with Gasteiger partial charge in [0.25, 0.3) is 0 Å². The van der Waals surface area contributed by atoms with E-state index in [2.05, 4.69) is 53.4 Å². The fraction of sp³-hybridized carbons (Fsp3) is 0.609. The molecule has 0 radical (unpaired) electrons. The van der Waals surface area contributed by atoms with Crippen LogP contribution in [0.4, 0.5) is 0 Å². The average molecular weight is 611 g/mol. The van der Waals surface area contributed by atoms with Crippen molar-refractivity contribution in [2.24, 2.45) is 0 Å². The number of nitrogens with one attached hydrogen (secondary N) is 1. The van der Waals surface area contributed by atoms with Crippen molar-refractivity contribution in [3.05, 3.63) is 39.5 Å². The van der Waals surface area contributed by atoms with E-state index in [1.54, 1.807) is 15.9 Å². The molecule has 0 aromatic heterocycles. The highest BCUT2D eigenvalue weighted by Gasteiger charge is 2.32. The molecule has 0 spiro atoms. The Kier molecular flexibility index (Phi) is 12.2. The van der Waals surface area contributed by atoms with Crippen molar-refractivity contribution in [3.63, 3.8) is 0 Å². The second kappa shape index (κ2) is 14.1. The molecule has 0 fully saturated rings. The minimum atomic E-state index is -3.52. The molecule has 0 aliphatic carbocycles. The quantitative estimate of drug-likeness (QED) is 0.0899. The number of rotatable bonds is 15. The molecule has 1 aliphatic rings. The van der Waals surface area contributed by atoms with Gasteiger partial charge in [-0.1, -0.05) is 34.4 Å². The Labute approximate surface area is 213 Å². The molecule has 1 atom stereocenters. The standard InChI is InChI=1S/C23H35INO6PS/c1-5-17(14-25-10-12-32(27,28)31-7-3)8-9-19-18(6-2)16(4)20-15-30-23(26)21(20)22(19)29-11-13-33-24/h8,25H,5-7,9-15H2,1-4H3,(H,27,28)/b17-8+. The fourth-order valence-electron chi connectivity index (χ4n) is 3.98. The molecule has 0 saturated carbocycles. The molecular formula is C23H35INO6PS. The maximum Gasteiger partial charge on any atom is 0.342 e. The molecule has 186 valence electrons. The van der Waals surface area contributed by atoms with Crippen LogP contribution >= 0.6 is 37.7 Å². The van der Waals surface area contributed by atoms with Gasteiger partial charge in [0.15, 0.2) is 0 Å². The number of allylic oxidation sites excluding steroid dienone is 1. The summed E-state index contributed by atoms with van der Waals surface area (Å²) in [6.07, 6.45) is 4.60. The van der Waals surface area contributed by atoms with Crippen LogP contribution in [-0.2, 0) is 33.3 Å². The molecular weight excluding hydrogens is 576 g/mol. The Bertz CT molecular complexity index is 908. The normalized spacial score (nSPS) is 15.3. The lowest BCUT2D eigenvalue weighted by Gasteiger charge is -2.20. The van der Waals surface area contributed by atoms with Gasteiger partial charge in [-0.3, -0.25) is 4.57 Å². The molecule has 1 aliphatic heterocycles. The van der Waals surface area contributed by atoms with Gasteiger partial charge in [0, 0.05) is 30.0 Å². The van der Waals surface area contributed by atoms with Crippen LogP contribution in [0.25, 0.3) is 0 Å². The molecule has 0 bridgehead atoms. The van der Waals surface area contributed by atoms with Gasteiger partial charge >= 0.3 is 13.6 Å². The molecule has 1 heterocycles. The van der Waals surface area contributed by atoms with Gasteiger partial charge in [0.05, 0.1) is 19.4 Å². The third-order valence-electron chi connectivity index (χ3n) is 5.69. The fourth-order valence-corrected chi connectivity index (χ4v) is 5.64. The highest BCUT2D eigenvalue weighted by molar-refractivity contribution is 14.2. The Balaban J connectivity index is 2.24. The van der Waals surface area contributed by atoms with E-state index in [-0.39, 0.29) is 18.7 Å². The van der Waals surface area contributed by atoms with E-state index in [0.29, 0.717) is 44.0 Å². The van der Waals surface area contributed by atoms with Crippen LogP contribution in [0, 0.1) is 6.92 Å². The van der Waals surface area contributed by atoms with Crippen LogP contribution in [0.1, 0.15) is 59.8 Å². The minimum Gasteiger partial charge on any atom is -0.491 e. The number of carbonyl (C=O) groups is 1. The lowest BCUT2D eigenvalue weighted by atomic mass is 9.89. The van der Waals surface area contributed by atoms with Crippen molar-refractivity contribution in [1.29, 1.82) is 0 Å². The van der Waals surface area contributed by atoms with Crippen LogP contribution in [0.5, 0.6) is 5.75 Å². The van der Waals surface area contributed by atoms with Crippen LogP contribution in [-0.4, -0.2) is 49.1 Å². The number of benzene rings is 1. The second-order valence-corrected chi connectivity index (χ2v) is 12.2. The van der Waals surface area contributed by atoms with Crippen LogP contribution < -0.4 is 10.1 Å². The smallest absolute Gasteiger partial charge is 0.342 e. The summed E-state index contributed by atoms with van der Waals surface area (Å²) < 4.78 is 28.3. The molecule has 10 heteroatoms. The number of fused-ring (bicyclic) bond motifs is 1. The molecule has 2 rings (SSSR count). The first kappa shape index (κ1) is 28.7. The Morgan fingerprint density at radius 3 is 2.73 bits per heavy atom. The van der Waals surface area contributed by atoms with Crippen molar-refractivity contribution in [3.8, 4) is 5.75 Å². The predicted octanol–water partition coefficient (Wildman–Crippen LogP) is 5.38. The van der Waals surface area contributed by atoms with Gasteiger partial charge in [-0.15, -0.1) is 0 Å². The third-order valence-corrected chi connectivity index (χ3v) is 8.78. The molecule has 2 N–H and O–H groups in total. The van der Waals surface area contributed by atoms with Crippen molar-refractivity contribution in [2.75, 3.05) is 38.2 Å². The highest BCUT2D eigenvalue weighted by atomic mass is 127. The third kappa shape index (κ3) is 7.97. The zero-order chi connectivity index (χ0) is 24.4. The number of halogens is 1. The molecule has 33 heavy (non-hydrogen) atoms. The van der Waals surface area contributed by atoms with Gasteiger partial charge in [0.1, 0.15) is 17.9 Å². The number of hydrogen-bond acceptors (Lipinski definition) is 7. The van der Waals surface area contributed by atoms with Crippen molar-refractivity contribution in [2.45, 2.75) is 53.6 Å². The van der Waals surface area contributed by atoms with Crippen molar-refractivity contribution in [1.82, 2.24) is 5.32 Å². The maximum absolute atomic E-state index is 12.5. The average Bonchev–Trinajstić information content (AvgIpc) is 3.17. The largest absolute Gasteiger partial charge is 0.491 e. The van der Waals surface area contributed by atoms with Gasteiger partial charge < -0.3 is 24.2 Å². The van der Waals surface area contributed by atoms with Crippen molar-refractivity contribution >= 4 is 43.7 Å². The first-order valence-electron chi connectivity index (χ1n) is 11.3. The van der Waals surface area contributed by atoms with Crippen LogP contribution in [0.2, 0.25) is 0 Å². The predicted molar refractivity (Wildman–Crippen MR) is 143 cm³/mol. The molecule has 1 unspecified atom stereocenters. The van der Waals surface area contributed by atoms with E-state index in [1.807, 2.05) is 0 Å². The minimum absolute atomic E-state index is 0.0801. The topological polar surface area (TPSA) is 94.1 Å². The summed E-state index contributed by atoms with van der Waals surface area (Å²) in [5.74, 6) is 1.19. The van der Waals surface area contributed by atoms with Crippen LogP contribution in [0.3, 0.4) is 0 Å². The highest BCUT2D eigenvalue weighted by Crippen LogP contribution is 2.41. The number of hydrogen-bond donors (Lipinski definition) is 2. The van der Waals surface area contributed by atoms with E-state index in [4.69, 9.17) is 14.0 Å². The Morgan fingerprint density at radius 1 is 1.33 bits per heavy atom. The van der Waals surface area contributed by atoms with E-state index in [1.165, 1.54) is 11.1 Å². The van der Waals surface area contributed by atoms with E-state index in [9.17, 15) is 14.3 Å². The van der Waals surface area contributed by atoms with Gasteiger partial charge in [-0.05, 0) is 65.4 Å². The first-order valence-corrected chi connectivity index (χ1v) is 16.6. The number of cyclic esters (lactones) is 1. The van der Waals surface area contributed by atoms with Gasteiger partial charge in [-0.25, -0.2) is 4.79 Å². The Morgan fingerprint density at radius 2 is 2.09 bits per heavy atom. The summed E-state index contributed by atoms with van der Waals surface area (Å²) >= 11 is 2.24. The number of carbonyl (C=O) groups excluding carboxylic acids is 1. The Hall–Kier alpha value is -0.580. The van der Waals surface area contributed by atoms with Crippen molar-refractivity contribution < 1.29 is 28.3 Å². The summed E-state index contributed by atoms with van der Waals surface area (Å²) in [7, 11) is -1.85. The van der Waals surface area contributed by atoms with Gasteiger partial charge in [0.2, 0.25) is 0 Å². The molecule has 7 nitrogen and oxygen atoms in total. The lowest BCUT2D eigenvalue weighted by Crippen LogP contribution is -2.21. The summed E-state index contributed by atoms with van der Waals surface area (Å²) in [6.45, 7) is 10.1. The number of esters is 1.